The van der Waals surface area contributed by atoms with Crippen molar-refractivity contribution in [1.82, 2.24) is 10.6 Å². The largest absolute Gasteiger partial charge is 0.445 e. The minimum atomic E-state index is -1.30. The molecule has 0 aromatic heterocycles. The van der Waals surface area contributed by atoms with E-state index in [1.807, 2.05) is 12.1 Å². The first-order chi connectivity index (χ1) is 14.9. The Morgan fingerprint density at radius 2 is 1.45 bits per heavy atom. The number of rotatable bonds is 11. The predicted octanol–water partition coefficient (Wildman–Crippen LogP) is 1.69. The standard InChI is InChI=1S/C22H24ClN3O5/c23-13-19(27)17(11-15-7-3-1-4-8-15)25-21(29)18(12-20(24)28)26-22(30)31-14-16-9-5-2-6-10-16/h1-10,17-18H,11-14H2,(H2,24,28)(H,25,29)(H,26,30)/t17-,18-/m0/s1. The van der Waals surface area contributed by atoms with Crippen molar-refractivity contribution in [2.75, 3.05) is 5.88 Å². The molecule has 0 aliphatic heterocycles. The highest BCUT2D eigenvalue weighted by molar-refractivity contribution is 6.28. The number of alkyl halides is 1. The molecule has 0 radical (unpaired) electrons. The predicted molar refractivity (Wildman–Crippen MR) is 115 cm³/mol. The van der Waals surface area contributed by atoms with Gasteiger partial charge >= 0.3 is 6.09 Å². The number of Topliss-reactive ketones (excluding diaryl/α,β-unsaturated/α-hetero) is 1. The van der Waals surface area contributed by atoms with Gasteiger partial charge in [0, 0.05) is 0 Å². The highest BCUT2D eigenvalue weighted by Gasteiger charge is 2.28. The van der Waals surface area contributed by atoms with Gasteiger partial charge in [-0.3, -0.25) is 14.4 Å². The second-order valence-corrected chi connectivity index (χ2v) is 7.05. The fraction of sp³-hybridized carbons (Fsp3) is 0.273. The molecule has 31 heavy (non-hydrogen) atoms. The lowest BCUT2D eigenvalue weighted by atomic mass is 10.0. The van der Waals surface area contributed by atoms with Crippen LogP contribution in [0.1, 0.15) is 17.5 Å². The molecule has 0 saturated carbocycles. The molecule has 0 fully saturated rings. The van der Waals surface area contributed by atoms with Crippen LogP contribution in [0.15, 0.2) is 60.7 Å². The molecule has 8 nitrogen and oxygen atoms in total. The van der Waals surface area contributed by atoms with Crippen LogP contribution in [0.5, 0.6) is 0 Å². The summed E-state index contributed by atoms with van der Waals surface area (Å²) >= 11 is 5.68. The number of ether oxygens (including phenoxy) is 1. The maximum atomic E-state index is 12.7. The molecule has 4 N–H and O–H groups in total. The lowest BCUT2D eigenvalue weighted by molar-refractivity contribution is -0.129. The molecule has 0 aliphatic carbocycles. The van der Waals surface area contributed by atoms with Gasteiger partial charge in [0.1, 0.15) is 12.6 Å². The molecule has 164 valence electrons. The van der Waals surface area contributed by atoms with E-state index in [-0.39, 0.29) is 18.9 Å². The van der Waals surface area contributed by atoms with Gasteiger partial charge in [0.25, 0.3) is 0 Å². The van der Waals surface area contributed by atoms with Crippen molar-refractivity contribution in [3.63, 3.8) is 0 Å². The average Bonchev–Trinajstić information content (AvgIpc) is 2.77. The third kappa shape index (κ3) is 8.47. The van der Waals surface area contributed by atoms with Crippen molar-refractivity contribution in [2.24, 2.45) is 5.73 Å². The molecule has 0 aliphatic rings. The molecule has 0 bridgehead atoms. The fourth-order valence-corrected chi connectivity index (χ4v) is 2.96. The van der Waals surface area contributed by atoms with Crippen LogP contribution in [0.2, 0.25) is 0 Å². The molecule has 0 saturated heterocycles. The molecule has 9 heteroatoms. The molecule has 0 unspecified atom stereocenters. The highest BCUT2D eigenvalue weighted by Crippen LogP contribution is 2.07. The van der Waals surface area contributed by atoms with Gasteiger partial charge in [-0.15, -0.1) is 11.6 Å². The van der Waals surface area contributed by atoms with Gasteiger partial charge in [-0.05, 0) is 17.5 Å². The van der Waals surface area contributed by atoms with Crippen LogP contribution in [0.4, 0.5) is 4.79 Å². The van der Waals surface area contributed by atoms with Crippen molar-refractivity contribution < 1.29 is 23.9 Å². The molecule has 0 heterocycles. The molecule has 2 rings (SSSR count). The van der Waals surface area contributed by atoms with E-state index in [1.54, 1.807) is 48.5 Å². The van der Waals surface area contributed by atoms with E-state index in [0.29, 0.717) is 0 Å². The van der Waals surface area contributed by atoms with Gasteiger partial charge < -0.3 is 21.1 Å². The van der Waals surface area contributed by atoms with E-state index in [2.05, 4.69) is 10.6 Å². The minimum Gasteiger partial charge on any atom is -0.445 e. The number of nitrogens with two attached hydrogens (primary N) is 1. The summed E-state index contributed by atoms with van der Waals surface area (Å²) in [5.41, 5.74) is 6.78. The summed E-state index contributed by atoms with van der Waals surface area (Å²) in [6.45, 7) is -0.0149. The van der Waals surface area contributed by atoms with E-state index < -0.39 is 42.2 Å². The van der Waals surface area contributed by atoms with E-state index in [0.717, 1.165) is 11.1 Å². The van der Waals surface area contributed by atoms with E-state index in [9.17, 15) is 19.2 Å². The highest BCUT2D eigenvalue weighted by atomic mass is 35.5. The van der Waals surface area contributed by atoms with Gasteiger partial charge in [0.2, 0.25) is 11.8 Å². The molecule has 2 aromatic rings. The maximum Gasteiger partial charge on any atom is 0.408 e. The van der Waals surface area contributed by atoms with Crippen LogP contribution >= 0.6 is 11.6 Å². The number of alkyl carbamates (subject to hydrolysis) is 1. The number of hydrogen-bond acceptors (Lipinski definition) is 5. The number of ketones is 1. The van der Waals surface area contributed by atoms with E-state index in [1.165, 1.54) is 0 Å². The fourth-order valence-electron chi connectivity index (χ4n) is 2.78. The molecule has 2 aromatic carbocycles. The normalized spacial score (nSPS) is 12.3. The third-order valence-corrected chi connectivity index (χ3v) is 4.61. The average molecular weight is 446 g/mol. The van der Waals surface area contributed by atoms with Crippen LogP contribution in [-0.2, 0) is 32.1 Å². The lowest BCUT2D eigenvalue weighted by Gasteiger charge is -2.22. The second kappa shape index (κ2) is 12.3. The summed E-state index contributed by atoms with van der Waals surface area (Å²) in [4.78, 5) is 48.5. The van der Waals surface area contributed by atoms with Crippen molar-refractivity contribution >= 4 is 35.3 Å². The van der Waals surface area contributed by atoms with Gasteiger partial charge in [-0.1, -0.05) is 60.7 Å². The summed E-state index contributed by atoms with van der Waals surface area (Å²) in [5.74, 6) is -2.24. The Labute approximate surface area is 185 Å². The van der Waals surface area contributed by atoms with Crippen molar-refractivity contribution in [1.29, 1.82) is 0 Å². The van der Waals surface area contributed by atoms with Gasteiger partial charge in [-0.25, -0.2) is 4.79 Å². The van der Waals surface area contributed by atoms with Gasteiger partial charge in [-0.2, -0.15) is 0 Å². The Morgan fingerprint density at radius 1 is 0.871 bits per heavy atom. The number of primary amides is 1. The molecule has 0 spiro atoms. The van der Waals surface area contributed by atoms with E-state index in [4.69, 9.17) is 22.1 Å². The van der Waals surface area contributed by atoms with Gasteiger partial charge in [0.05, 0.1) is 18.3 Å². The Kier molecular flexibility index (Phi) is 9.51. The Bertz CT molecular complexity index is 893. The molecule has 2 atom stereocenters. The summed E-state index contributed by atoms with van der Waals surface area (Å²) in [7, 11) is 0. The molecular formula is C22H24ClN3O5. The number of carbonyl (C=O) groups excluding carboxylic acids is 4. The SMILES string of the molecule is NC(=O)C[C@H](NC(=O)OCc1ccccc1)C(=O)N[C@@H](Cc1ccccc1)C(=O)CCl. The number of nitrogens with one attached hydrogen (secondary N) is 2. The number of benzene rings is 2. The first-order valence-electron chi connectivity index (χ1n) is 9.57. The van der Waals surface area contributed by atoms with Crippen LogP contribution in [0.25, 0.3) is 0 Å². The Balaban J connectivity index is 2.02. The second-order valence-electron chi connectivity index (χ2n) is 6.78. The van der Waals surface area contributed by atoms with Crippen LogP contribution in [0, 0.1) is 0 Å². The van der Waals surface area contributed by atoms with Crippen molar-refractivity contribution in [3.8, 4) is 0 Å². The Hall–Kier alpha value is -3.39. The summed E-state index contributed by atoms with van der Waals surface area (Å²) in [5, 5.41) is 4.88. The quantitative estimate of drug-likeness (QED) is 0.453. The zero-order valence-electron chi connectivity index (χ0n) is 16.8. The van der Waals surface area contributed by atoms with Crippen LogP contribution in [0.3, 0.4) is 0 Å². The first kappa shape index (κ1) is 23.9. The van der Waals surface area contributed by atoms with Gasteiger partial charge in [0.15, 0.2) is 5.78 Å². The smallest absolute Gasteiger partial charge is 0.408 e. The molecular weight excluding hydrogens is 422 g/mol. The van der Waals surface area contributed by atoms with E-state index >= 15 is 0 Å². The number of hydrogen-bond donors (Lipinski definition) is 3. The summed E-state index contributed by atoms with van der Waals surface area (Å²) in [6.07, 6.45) is -1.15. The maximum absolute atomic E-state index is 12.7. The monoisotopic (exact) mass is 445 g/mol. The topological polar surface area (TPSA) is 128 Å². The van der Waals surface area contributed by atoms with Crippen LogP contribution < -0.4 is 16.4 Å². The van der Waals surface area contributed by atoms with Crippen molar-refractivity contribution in [3.05, 3.63) is 71.8 Å². The lowest BCUT2D eigenvalue weighted by Crippen LogP contribution is -2.53. The zero-order valence-corrected chi connectivity index (χ0v) is 17.5. The third-order valence-electron chi connectivity index (χ3n) is 4.35. The van der Waals surface area contributed by atoms with Crippen molar-refractivity contribution in [2.45, 2.75) is 31.5 Å². The zero-order chi connectivity index (χ0) is 22.6. The van der Waals surface area contributed by atoms with Crippen LogP contribution in [-0.4, -0.2) is 41.7 Å². The summed E-state index contributed by atoms with van der Waals surface area (Å²) in [6, 6.07) is 15.8. The Morgan fingerprint density at radius 3 is 2.00 bits per heavy atom. The number of halogens is 1. The molecule has 3 amide bonds. The number of carbonyl (C=O) groups is 4. The first-order valence-corrected chi connectivity index (χ1v) is 10.1. The summed E-state index contributed by atoms with van der Waals surface area (Å²) < 4.78 is 5.09. The number of amides is 3. The minimum absolute atomic E-state index is 0.0149.